The molecule has 3 N–H and O–H groups in total. The first-order valence-electron chi connectivity index (χ1n) is 5.81. The minimum atomic E-state index is -4.66. The largest absolute Gasteiger partial charge is 0.491 e. The number of alkyl halides is 3. The molecule has 0 aliphatic carbocycles. The van der Waals surface area contributed by atoms with Crippen molar-refractivity contribution >= 4 is 15.9 Å². The van der Waals surface area contributed by atoms with Gasteiger partial charge in [-0.05, 0) is 24.3 Å². The summed E-state index contributed by atoms with van der Waals surface area (Å²) in [6.07, 6.45) is -8.08. The molecule has 0 aromatic heterocycles. The van der Waals surface area contributed by atoms with Crippen molar-refractivity contribution in [2.24, 2.45) is 0 Å². The summed E-state index contributed by atoms with van der Waals surface area (Å²) in [5.41, 5.74) is 0. The van der Waals surface area contributed by atoms with Crippen LogP contribution in [0.1, 0.15) is 0 Å². The Morgan fingerprint density at radius 1 is 1.15 bits per heavy atom. The summed E-state index contributed by atoms with van der Waals surface area (Å²) in [5, 5.41) is 20.6. The Balaban J connectivity index is 2.20. The second kappa shape index (κ2) is 7.82. The van der Waals surface area contributed by atoms with Crippen molar-refractivity contribution in [3.63, 3.8) is 0 Å². The average Bonchev–Trinajstić information content (AvgIpc) is 2.37. The van der Waals surface area contributed by atoms with E-state index in [-0.39, 0.29) is 13.2 Å². The van der Waals surface area contributed by atoms with Gasteiger partial charge in [0.2, 0.25) is 0 Å². The molecular formula is C12H15BrF3NO3. The van der Waals surface area contributed by atoms with Gasteiger partial charge in [-0.25, -0.2) is 0 Å². The number of hydrogen-bond donors (Lipinski definition) is 3. The van der Waals surface area contributed by atoms with Crippen molar-refractivity contribution in [1.29, 1.82) is 0 Å². The molecule has 0 saturated carbocycles. The summed E-state index contributed by atoms with van der Waals surface area (Å²) in [6, 6.07) is 6.91. The van der Waals surface area contributed by atoms with Gasteiger partial charge in [0.05, 0.1) is 0 Å². The zero-order valence-electron chi connectivity index (χ0n) is 10.4. The minimum Gasteiger partial charge on any atom is -0.491 e. The van der Waals surface area contributed by atoms with Crippen LogP contribution in [0, 0.1) is 0 Å². The van der Waals surface area contributed by atoms with Crippen molar-refractivity contribution in [3.8, 4) is 5.75 Å². The second-order valence-electron chi connectivity index (χ2n) is 4.13. The van der Waals surface area contributed by atoms with Gasteiger partial charge in [-0.15, -0.1) is 0 Å². The van der Waals surface area contributed by atoms with Crippen LogP contribution in [-0.2, 0) is 0 Å². The van der Waals surface area contributed by atoms with E-state index >= 15 is 0 Å². The molecule has 0 amide bonds. The highest BCUT2D eigenvalue weighted by Gasteiger charge is 2.37. The van der Waals surface area contributed by atoms with Gasteiger partial charge in [0.25, 0.3) is 0 Å². The van der Waals surface area contributed by atoms with Gasteiger partial charge in [0.1, 0.15) is 18.5 Å². The molecule has 20 heavy (non-hydrogen) atoms. The summed E-state index contributed by atoms with van der Waals surface area (Å²) in [5.74, 6) is 0.544. The third-order valence-electron chi connectivity index (χ3n) is 2.35. The number of rotatable bonds is 7. The number of ether oxygens (including phenoxy) is 1. The molecule has 1 aromatic rings. The van der Waals surface area contributed by atoms with Crippen LogP contribution >= 0.6 is 15.9 Å². The van der Waals surface area contributed by atoms with Gasteiger partial charge in [0.15, 0.2) is 6.10 Å². The molecule has 1 rings (SSSR count). The normalized spacial score (nSPS) is 14.9. The van der Waals surface area contributed by atoms with Gasteiger partial charge in [-0.2, -0.15) is 13.2 Å². The molecule has 2 atom stereocenters. The van der Waals surface area contributed by atoms with Crippen molar-refractivity contribution < 1.29 is 28.1 Å². The Labute approximate surface area is 122 Å². The fourth-order valence-corrected chi connectivity index (χ4v) is 1.55. The third-order valence-corrected chi connectivity index (χ3v) is 2.88. The molecule has 0 fully saturated rings. The molecule has 1 aromatic carbocycles. The maximum Gasteiger partial charge on any atom is 0.415 e. The lowest BCUT2D eigenvalue weighted by atomic mass is 10.3. The number of benzene rings is 1. The zero-order chi connectivity index (χ0) is 15.2. The Morgan fingerprint density at radius 2 is 1.75 bits per heavy atom. The molecule has 0 spiro atoms. The van der Waals surface area contributed by atoms with E-state index in [0.717, 1.165) is 4.47 Å². The molecule has 0 saturated heterocycles. The summed E-state index contributed by atoms with van der Waals surface area (Å²) < 4.78 is 42.1. The number of hydrogen-bond acceptors (Lipinski definition) is 4. The molecule has 4 nitrogen and oxygen atoms in total. The lowest BCUT2D eigenvalue weighted by Crippen LogP contribution is -2.41. The zero-order valence-corrected chi connectivity index (χ0v) is 12.0. The van der Waals surface area contributed by atoms with E-state index in [1.807, 2.05) is 0 Å². The monoisotopic (exact) mass is 357 g/mol. The first-order chi connectivity index (χ1) is 9.29. The van der Waals surface area contributed by atoms with Crippen LogP contribution < -0.4 is 10.1 Å². The summed E-state index contributed by atoms with van der Waals surface area (Å²) in [6.45, 7) is -0.834. The maximum absolute atomic E-state index is 12.0. The van der Waals surface area contributed by atoms with E-state index in [0.29, 0.717) is 5.75 Å². The smallest absolute Gasteiger partial charge is 0.415 e. The van der Waals surface area contributed by atoms with Crippen molar-refractivity contribution in [2.45, 2.75) is 18.4 Å². The summed E-state index contributed by atoms with van der Waals surface area (Å²) >= 11 is 3.26. The van der Waals surface area contributed by atoms with Crippen LogP contribution in [0.25, 0.3) is 0 Å². The van der Waals surface area contributed by atoms with Gasteiger partial charge >= 0.3 is 6.18 Å². The minimum absolute atomic E-state index is 0.0588. The highest BCUT2D eigenvalue weighted by atomic mass is 79.9. The molecule has 2 unspecified atom stereocenters. The van der Waals surface area contributed by atoms with E-state index in [1.54, 1.807) is 24.3 Å². The van der Waals surface area contributed by atoms with Crippen LogP contribution in [0.15, 0.2) is 28.7 Å². The number of halogens is 4. The SMILES string of the molecule is OC(CNCC(O)C(F)(F)F)COc1ccc(Br)cc1. The van der Waals surface area contributed by atoms with Gasteiger partial charge in [-0.3, -0.25) is 0 Å². The molecule has 0 heterocycles. The van der Waals surface area contributed by atoms with Gasteiger partial charge in [0, 0.05) is 17.6 Å². The first-order valence-corrected chi connectivity index (χ1v) is 6.60. The second-order valence-corrected chi connectivity index (χ2v) is 5.05. The number of aliphatic hydroxyl groups excluding tert-OH is 2. The molecule has 114 valence electrons. The quantitative estimate of drug-likeness (QED) is 0.695. The van der Waals surface area contributed by atoms with E-state index < -0.39 is 24.9 Å². The fraction of sp³-hybridized carbons (Fsp3) is 0.500. The molecule has 8 heteroatoms. The van der Waals surface area contributed by atoms with Crippen LogP contribution in [-0.4, -0.2) is 48.3 Å². The van der Waals surface area contributed by atoms with Crippen LogP contribution in [0.5, 0.6) is 5.75 Å². The average molecular weight is 358 g/mol. The van der Waals surface area contributed by atoms with Crippen LogP contribution in [0.4, 0.5) is 13.2 Å². The first kappa shape index (κ1) is 17.2. The molecule has 0 aliphatic heterocycles. The lowest BCUT2D eigenvalue weighted by molar-refractivity contribution is -0.202. The Bertz CT molecular complexity index is 400. The third kappa shape index (κ3) is 6.56. The molecule has 0 radical (unpaired) electrons. The number of nitrogens with one attached hydrogen (secondary N) is 1. The highest BCUT2D eigenvalue weighted by molar-refractivity contribution is 9.10. The Hall–Kier alpha value is -0.830. The molecule has 0 bridgehead atoms. The van der Waals surface area contributed by atoms with Crippen LogP contribution in [0.3, 0.4) is 0 Å². The fourth-order valence-electron chi connectivity index (χ4n) is 1.28. The predicted molar refractivity (Wildman–Crippen MR) is 70.6 cm³/mol. The molecular weight excluding hydrogens is 343 g/mol. The highest BCUT2D eigenvalue weighted by Crippen LogP contribution is 2.19. The van der Waals surface area contributed by atoms with Crippen LogP contribution in [0.2, 0.25) is 0 Å². The van der Waals surface area contributed by atoms with E-state index in [4.69, 9.17) is 9.84 Å². The number of aliphatic hydroxyl groups is 2. The maximum atomic E-state index is 12.0. The van der Waals surface area contributed by atoms with Crippen molar-refractivity contribution in [1.82, 2.24) is 5.32 Å². The Morgan fingerprint density at radius 3 is 2.30 bits per heavy atom. The Kier molecular flexibility index (Phi) is 6.74. The predicted octanol–water partition coefficient (Wildman–Crippen LogP) is 1.70. The van der Waals surface area contributed by atoms with E-state index in [2.05, 4.69) is 21.2 Å². The van der Waals surface area contributed by atoms with Crippen molar-refractivity contribution in [2.75, 3.05) is 19.7 Å². The molecule has 0 aliphatic rings. The standard InChI is InChI=1S/C12H15BrF3NO3/c13-8-1-3-10(4-2-8)20-7-9(18)5-17-6-11(19)12(14,15)16/h1-4,9,11,17-19H,5-7H2. The summed E-state index contributed by atoms with van der Waals surface area (Å²) in [4.78, 5) is 0. The van der Waals surface area contributed by atoms with E-state index in [1.165, 1.54) is 0 Å². The van der Waals surface area contributed by atoms with Crippen molar-refractivity contribution in [3.05, 3.63) is 28.7 Å². The lowest BCUT2D eigenvalue weighted by Gasteiger charge is -2.17. The topological polar surface area (TPSA) is 61.7 Å². The van der Waals surface area contributed by atoms with Gasteiger partial charge in [-0.1, -0.05) is 15.9 Å². The summed E-state index contributed by atoms with van der Waals surface area (Å²) in [7, 11) is 0. The van der Waals surface area contributed by atoms with Gasteiger partial charge < -0.3 is 20.3 Å². The van der Waals surface area contributed by atoms with E-state index in [9.17, 15) is 18.3 Å².